The van der Waals surface area contributed by atoms with Crippen molar-refractivity contribution < 1.29 is 0 Å². The van der Waals surface area contributed by atoms with Gasteiger partial charge >= 0.3 is 0 Å². The average molecular weight is 230 g/mol. The number of rotatable bonds is 1. The zero-order valence-electron chi connectivity index (χ0n) is 7.89. The number of hydrogen-bond donors (Lipinski definition) is 1. The van der Waals surface area contributed by atoms with Gasteiger partial charge in [0.05, 0.1) is 0 Å². The van der Waals surface area contributed by atoms with Crippen molar-refractivity contribution in [2.45, 2.75) is 31.2 Å². The molecule has 1 aliphatic rings. The predicted octanol–water partition coefficient (Wildman–Crippen LogP) is 3.72. The lowest BCUT2D eigenvalue weighted by molar-refractivity contribution is 0.462. The quantitative estimate of drug-likeness (QED) is 0.781. The fourth-order valence-electron chi connectivity index (χ4n) is 2.15. The van der Waals surface area contributed by atoms with Crippen LogP contribution in [0.3, 0.4) is 0 Å². The third-order valence-corrected chi connectivity index (χ3v) is 3.53. The predicted molar refractivity (Wildman–Crippen MR) is 60.8 cm³/mol. The first-order chi connectivity index (χ1) is 6.62. The van der Waals surface area contributed by atoms with Crippen molar-refractivity contribution in [2.24, 2.45) is 5.73 Å². The van der Waals surface area contributed by atoms with Crippen LogP contribution in [0.5, 0.6) is 0 Å². The highest BCUT2D eigenvalue weighted by Gasteiger charge is 2.32. The van der Waals surface area contributed by atoms with E-state index in [2.05, 4.69) is 0 Å². The lowest BCUT2D eigenvalue weighted by Crippen LogP contribution is -2.33. The zero-order chi connectivity index (χ0) is 10.2. The molecule has 76 valence electrons. The Bertz CT molecular complexity index is 343. The zero-order valence-corrected chi connectivity index (χ0v) is 9.41. The molecule has 0 atom stereocenters. The number of hydrogen-bond acceptors (Lipinski definition) is 1. The second-order valence-corrected chi connectivity index (χ2v) is 4.83. The van der Waals surface area contributed by atoms with Gasteiger partial charge in [-0.15, -0.1) is 0 Å². The molecule has 0 bridgehead atoms. The first-order valence-electron chi connectivity index (χ1n) is 4.86. The van der Waals surface area contributed by atoms with Gasteiger partial charge in [0.1, 0.15) is 0 Å². The Morgan fingerprint density at radius 2 is 1.79 bits per heavy atom. The highest BCUT2D eigenvalue weighted by Crippen LogP contribution is 2.40. The third kappa shape index (κ3) is 1.77. The Hall–Kier alpha value is -0.240. The van der Waals surface area contributed by atoms with Gasteiger partial charge in [0, 0.05) is 15.6 Å². The molecule has 14 heavy (non-hydrogen) atoms. The van der Waals surface area contributed by atoms with Gasteiger partial charge in [-0.25, -0.2) is 0 Å². The summed E-state index contributed by atoms with van der Waals surface area (Å²) in [4.78, 5) is 0. The lowest BCUT2D eigenvalue weighted by atomic mass is 9.89. The topological polar surface area (TPSA) is 26.0 Å². The molecule has 1 fully saturated rings. The van der Waals surface area contributed by atoms with E-state index in [1.54, 1.807) is 6.07 Å². The van der Waals surface area contributed by atoms with Crippen molar-refractivity contribution in [1.29, 1.82) is 0 Å². The Balaban J connectivity index is 2.44. The molecule has 1 aliphatic carbocycles. The second-order valence-electron chi connectivity index (χ2n) is 3.99. The molecule has 0 unspecified atom stereocenters. The number of halogens is 2. The van der Waals surface area contributed by atoms with Gasteiger partial charge in [0.25, 0.3) is 0 Å². The lowest BCUT2D eigenvalue weighted by Gasteiger charge is -2.25. The van der Waals surface area contributed by atoms with Gasteiger partial charge in [-0.3, -0.25) is 0 Å². The summed E-state index contributed by atoms with van der Waals surface area (Å²) >= 11 is 12.1. The Labute approximate surface area is 94.2 Å². The molecule has 1 nitrogen and oxygen atoms in total. The number of nitrogens with two attached hydrogens (primary N) is 1. The van der Waals surface area contributed by atoms with Crippen LogP contribution in [0.2, 0.25) is 10.0 Å². The Morgan fingerprint density at radius 3 is 2.43 bits per heavy atom. The van der Waals surface area contributed by atoms with Gasteiger partial charge in [0.15, 0.2) is 0 Å². The van der Waals surface area contributed by atoms with Crippen LogP contribution in [0.1, 0.15) is 31.2 Å². The van der Waals surface area contributed by atoms with Crippen molar-refractivity contribution >= 4 is 23.2 Å². The maximum Gasteiger partial charge on any atom is 0.0457 e. The largest absolute Gasteiger partial charge is 0.321 e. The normalized spacial score (nSPS) is 19.9. The van der Waals surface area contributed by atoms with Crippen molar-refractivity contribution in [3.63, 3.8) is 0 Å². The first-order valence-corrected chi connectivity index (χ1v) is 5.62. The molecule has 1 saturated carbocycles. The van der Waals surface area contributed by atoms with Gasteiger partial charge in [-0.2, -0.15) is 0 Å². The molecular weight excluding hydrogens is 217 g/mol. The summed E-state index contributed by atoms with van der Waals surface area (Å²) in [6, 6.07) is 5.52. The Kier molecular flexibility index (Phi) is 2.74. The molecule has 0 spiro atoms. The van der Waals surface area contributed by atoms with E-state index >= 15 is 0 Å². The van der Waals surface area contributed by atoms with Crippen LogP contribution in [0.15, 0.2) is 18.2 Å². The molecule has 0 heterocycles. The summed E-state index contributed by atoms with van der Waals surface area (Å²) in [6.45, 7) is 0. The smallest absolute Gasteiger partial charge is 0.0457 e. The van der Waals surface area contributed by atoms with E-state index in [9.17, 15) is 0 Å². The second kappa shape index (κ2) is 3.73. The molecule has 1 aromatic rings. The number of benzene rings is 1. The van der Waals surface area contributed by atoms with Gasteiger partial charge in [0.2, 0.25) is 0 Å². The van der Waals surface area contributed by atoms with Crippen molar-refractivity contribution in [2.75, 3.05) is 0 Å². The summed E-state index contributed by atoms with van der Waals surface area (Å²) in [5.41, 5.74) is 7.06. The molecule has 0 saturated heterocycles. The van der Waals surface area contributed by atoms with Crippen LogP contribution in [0, 0.1) is 0 Å². The molecule has 0 radical (unpaired) electrons. The molecule has 0 aliphatic heterocycles. The van der Waals surface area contributed by atoms with E-state index < -0.39 is 0 Å². The van der Waals surface area contributed by atoms with E-state index in [0.717, 1.165) is 23.4 Å². The average Bonchev–Trinajstić information content (AvgIpc) is 2.58. The molecule has 1 aromatic carbocycles. The molecule has 0 amide bonds. The minimum absolute atomic E-state index is 0.248. The van der Waals surface area contributed by atoms with Crippen LogP contribution in [-0.2, 0) is 5.54 Å². The fourth-order valence-corrected chi connectivity index (χ4v) is 2.63. The van der Waals surface area contributed by atoms with Crippen molar-refractivity contribution in [3.8, 4) is 0 Å². The van der Waals surface area contributed by atoms with Gasteiger partial charge in [-0.05, 0) is 36.6 Å². The maximum atomic E-state index is 6.31. The van der Waals surface area contributed by atoms with E-state index in [1.165, 1.54) is 12.8 Å². The van der Waals surface area contributed by atoms with Crippen LogP contribution in [-0.4, -0.2) is 0 Å². The summed E-state index contributed by atoms with van der Waals surface area (Å²) in [5, 5.41) is 1.44. The molecule has 2 N–H and O–H groups in total. The van der Waals surface area contributed by atoms with Crippen LogP contribution in [0.4, 0.5) is 0 Å². The molecule has 0 aromatic heterocycles. The van der Waals surface area contributed by atoms with E-state index in [1.807, 2.05) is 12.1 Å². The van der Waals surface area contributed by atoms with Gasteiger partial charge < -0.3 is 5.73 Å². The van der Waals surface area contributed by atoms with Crippen LogP contribution < -0.4 is 5.73 Å². The van der Waals surface area contributed by atoms with E-state index in [-0.39, 0.29) is 5.54 Å². The SMILES string of the molecule is NC1(c2cc(Cl)ccc2Cl)CCCC1. The Morgan fingerprint density at radius 1 is 1.14 bits per heavy atom. The highest BCUT2D eigenvalue weighted by atomic mass is 35.5. The van der Waals surface area contributed by atoms with Crippen molar-refractivity contribution in [3.05, 3.63) is 33.8 Å². The van der Waals surface area contributed by atoms with Gasteiger partial charge in [-0.1, -0.05) is 36.0 Å². The van der Waals surface area contributed by atoms with E-state index in [0.29, 0.717) is 5.02 Å². The molecule has 2 rings (SSSR count). The standard InChI is InChI=1S/C11H13Cl2N/c12-8-3-4-10(13)9(7-8)11(14)5-1-2-6-11/h3-4,7H,1-2,5-6,14H2. The van der Waals surface area contributed by atoms with E-state index in [4.69, 9.17) is 28.9 Å². The highest BCUT2D eigenvalue weighted by molar-refractivity contribution is 6.33. The fraction of sp³-hybridized carbons (Fsp3) is 0.455. The molecule has 3 heteroatoms. The summed E-state index contributed by atoms with van der Waals surface area (Å²) in [6.07, 6.45) is 4.37. The maximum absolute atomic E-state index is 6.31. The molecular formula is C11H13Cl2N. The summed E-state index contributed by atoms with van der Waals surface area (Å²) in [5.74, 6) is 0. The van der Waals surface area contributed by atoms with Crippen LogP contribution >= 0.6 is 23.2 Å². The third-order valence-electron chi connectivity index (χ3n) is 2.96. The monoisotopic (exact) mass is 229 g/mol. The van der Waals surface area contributed by atoms with Crippen LogP contribution in [0.25, 0.3) is 0 Å². The minimum Gasteiger partial charge on any atom is -0.321 e. The first kappa shape index (κ1) is 10.3. The minimum atomic E-state index is -0.248. The summed E-state index contributed by atoms with van der Waals surface area (Å²) in [7, 11) is 0. The summed E-state index contributed by atoms with van der Waals surface area (Å²) < 4.78 is 0. The van der Waals surface area contributed by atoms with Crippen molar-refractivity contribution in [1.82, 2.24) is 0 Å².